The van der Waals surface area contributed by atoms with E-state index in [2.05, 4.69) is 12.1 Å². The van der Waals surface area contributed by atoms with Crippen molar-refractivity contribution < 1.29 is 9.53 Å². The van der Waals surface area contributed by atoms with Crippen LogP contribution in [0.25, 0.3) is 0 Å². The van der Waals surface area contributed by atoms with E-state index in [1.54, 1.807) is 0 Å². The maximum Gasteiger partial charge on any atom is 0.313 e. The highest BCUT2D eigenvalue weighted by molar-refractivity contribution is 5.78. The number of carbonyl (C=O) groups excluding carboxylic acids is 1. The van der Waals surface area contributed by atoms with Crippen molar-refractivity contribution in [1.82, 2.24) is 0 Å². The molecular formula is C24H33NO2. The van der Waals surface area contributed by atoms with Crippen molar-refractivity contribution in [3.8, 4) is 0 Å². The van der Waals surface area contributed by atoms with Crippen LogP contribution >= 0.6 is 0 Å². The van der Waals surface area contributed by atoms with Crippen molar-refractivity contribution >= 4 is 5.97 Å². The van der Waals surface area contributed by atoms with E-state index in [0.717, 1.165) is 24.8 Å². The third-order valence-corrected chi connectivity index (χ3v) is 5.14. The second-order valence-corrected chi connectivity index (χ2v) is 7.48. The minimum Gasteiger partial charge on any atom is -0.469 e. The molecule has 2 aromatic rings. The minimum absolute atomic E-state index is 0.0681. The van der Waals surface area contributed by atoms with Crippen LogP contribution in [-0.4, -0.2) is 19.1 Å². The monoisotopic (exact) mass is 367 g/mol. The van der Waals surface area contributed by atoms with Crippen LogP contribution in [0.4, 0.5) is 0 Å². The summed E-state index contributed by atoms with van der Waals surface area (Å²) in [6, 6.07) is 20.6. The number of hydrogen-bond acceptors (Lipinski definition) is 3. The molecule has 0 radical (unpaired) electrons. The zero-order valence-electron chi connectivity index (χ0n) is 16.6. The molecular weight excluding hydrogens is 334 g/mol. The molecule has 1 unspecified atom stereocenters. The quantitative estimate of drug-likeness (QED) is 0.748. The second-order valence-electron chi connectivity index (χ2n) is 7.48. The van der Waals surface area contributed by atoms with Crippen molar-refractivity contribution in [2.75, 3.05) is 7.11 Å². The molecule has 0 aliphatic heterocycles. The standard InChI is InChI=1S/C15H20O2.C9H13N/c1-17-15(16)14(12-8-4-2-5-9-12)13-10-6-3-7-11-13;1-8(10)7-9-5-3-2-4-6-9/h2,4-5,8-9,13-14H,3,6-7,10-11H2,1H3;2-6,8H,7,10H2,1H3/t;8-/m.0/s1. The van der Waals surface area contributed by atoms with Crippen molar-refractivity contribution in [1.29, 1.82) is 0 Å². The lowest BCUT2D eigenvalue weighted by Gasteiger charge is -2.28. The Balaban J connectivity index is 0.000000223. The van der Waals surface area contributed by atoms with E-state index in [1.807, 2.05) is 55.5 Å². The number of rotatable bonds is 5. The van der Waals surface area contributed by atoms with Crippen molar-refractivity contribution in [2.24, 2.45) is 11.7 Å². The fraction of sp³-hybridized carbons (Fsp3) is 0.458. The highest BCUT2D eigenvalue weighted by Crippen LogP contribution is 2.36. The Bertz CT molecular complexity index is 649. The average molecular weight is 368 g/mol. The Morgan fingerprint density at radius 3 is 2.07 bits per heavy atom. The molecule has 0 amide bonds. The molecule has 0 bridgehead atoms. The van der Waals surface area contributed by atoms with Crippen molar-refractivity contribution in [3.05, 3.63) is 71.8 Å². The molecule has 2 aromatic carbocycles. The van der Waals surface area contributed by atoms with Crippen LogP contribution < -0.4 is 5.73 Å². The topological polar surface area (TPSA) is 52.3 Å². The summed E-state index contributed by atoms with van der Waals surface area (Å²) in [5.41, 5.74) is 8.04. The van der Waals surface area contributed by atoms with E-state index in [-0.39, 0.29) is 17.9 Å². The number of esters is 1. The van der Waals surface area contributed by atoms with Gasteiger partial charge in [-0.15, -0.1) is 0 Å². The lowest BCUT2D eigenvalue weighted by molar-refractivity contribution is -0.144. The van der Waals surface area contributed by atoms with Gasteiger partial charge in [-0.05, 0) is 43.2 Å². The Labute approximate surface area is 163 Å². The van der Waals surface area contributed by atoms with Gasteiger partial charge in [0.25, 0.3) is 0 Å². The first-order chi connectivity index (χ1) is 13.1. The fourth-order valence-electron chi connectivity index (χ4n) is 3.84. The first-order valence-corrected chi connectivity index (χ1v) is 10.0. The van der Waals surface area contributed by atoms with Gasteiger partial charge in [0, 0.05) is 6.04 Å². The highest BCUT2D eigenvalue weighted by Gasteiger charge is 2.31. The summed E-state index contributed by atoms with van der Waals surface area (Å²) < 4.78 is 4.98. The highest BCUT2D eigenvalue weighted by atomic mass is 16.5. The summed E-state index contributed by atoms with van der Waals surface area (Å²) in [7, 11) is 1.49. The lowest BCUT2D eigenvalue weighted by atomic mass is 9.77. The molecule has 1 aliphatic carbocycles. The normalized spacial score (nSPS) is 16.6. The lowest BCUT2D eigenvalue weighted by Crippen LogP contribution is -2.24. The van der Waals surface area contributed by atoms with Crippen LogP contribution in [0.2, 0.25) is 0 Å². The van der Waals surface area contributed by atoms with Gasteiger partial charge in [0.15, 0.2) is 0 Å². The van der Waals surface area contributed by atoms with Crippen LogP contribution in [0, 0.1) is 5.92 Å². The Kier molecular flexibility index (Phi) is 9.06. The summed E-state index contributed by atoms with van der Waals surface area (Å²) in [5.74, 6) is 0.309. The van der Waals surface area contributed by atoms with E-state index in [0.29, 0.717) is 5.92 Å². The molecule has 3 heteroatoms. The average Bonchev–Trinajstić information content (AvgIpc) is 2.70. The van der Waals surface area contributed by atoms with Crippen molar-refractivity contribution in [3.63, 3.8) is 0 Å². The van der Waals surface area contributed by atoms with Gasteiger partial charge in [-0.25, -0.2) is 0 Å². The Morgan fingerprint density at radius 1 is 1.00 bits per heavy atom. The van der Waals surface area contributed by atoms with Crippen molar-refractivity contribution in [2.45, 2.75) is 57.4 Å². The van der Waals surface area contributed by atoms with Gasteiger partial charge in [0.1, 0.15) is 0 Å². The summed E-state index contributed by atoms with van der Waals surface area (Å²) in [4.78, 5) is 12.0. The van der Waals surface area contributed by atoms with Gasteiger partial charge in [-0.1, -0.05) is 79.9 Å². The van der Waals surface area contributed by atoms with Gasteiger partial charge in [-0.3, -0.25) is 4.79 Å². The van der Waals surface area contributed by atoms with Gasteiger partial charge < -0.3 is 10.5 Å². The number of methoxy groups -OCH3 is 1. The first-order valence-electron chi connectivity index (χ1n) is 10.0. The van der Waals surface area contributed by atoms with Gasteiger partial charge in [0.05, 0.1) is 13.0 Å². The second kappa shape index (κ2) is 11.6. The zero-order valence-corrected chi connectivity index (χ0v) is 16.6. The molecule has 0 spiro atoms. The molecule has 0 aromatic heterocycles. The van der Waals surface area contributed by atoms with Crippen LogP contribution in [0.1, 0.15) is 56.1 Å². The van der Waals surface area contributed by atoms with E-state index in [9.17, 15) is 4.79 Å². The number of hydrogen-bond donors (Lipinski definition) is 1. The van der Waals surface area contributed by atoms with Gasteiger partial charge in [0.2, 0.25) is 0 Å². The van der Waals surface area contributed by atoms with Crippen LogP contribution in [0.5, 0.6) is 0 Å². The molecule has 1 saturated carbocycles. The maximum atomic E-state index is 12.0. The molecule has 3 rings (SSSR count). The van der Waals surface area contributed by atoms with Crippen LogP contribution in [0.3, 0.4) is 0 Å². The number of nitrogens with two attached hydrogens (primary N) is 1. The molecule has 3 nitrogen and oxygen atoms in total. The third kappa shape index (κ3) is 7.18. The molecule has 0 heterocycles. The molecule has 0 saturated heterocycles. The van der Waals surface area contributed by atoms with E-state index < -0.39 is 0 Å². The van der Waals surface area contributed by atoms with Gasteiger partial charge >= 0.3 is 5.97 Å². The number of benzene rings is 2. The molecule has 2 N–H and O–H groups in total. The number of carbonyl (C=O) groups is 1. The number of ether oxygens (including phenoxy) is 1. The van der Waals surface area contributed by atoms with E-state index >= 15 is 0 Å². The fourth-order valence-corrected chi connectivity index (χ4v) is 3.84. The summed E-state index contributed by atoms with van der Waals surface area (Å²) in [6.45, 7) is 2.02. The smallest absolute Gasteiger partial charge is 0.313 e. The molecule has 1 fully saturated rings. The summed E-state index contributed by atoms with van der Waals surface area (Å²) >= 11 is 0. The Hall–Kier alpha value is -2.13. The third-order valence-electron chi connectivity index (χ3n) is 5.14. The van der Waals surface area contributed by atoms with Gasteiger partial charge in [-0.2, -0.15) is 0 Å². The predicted molar refractivity (Wildman–Crippen MR) is 112 cm³/mol. The molecule has 146 valence electrons. The first kappa shape index (κ1) is 21.2. The van der Waals surface area contributed by atoms with Crippen LogP contribution in [0.15, 0.2) is 60.7 Å². The SMILES string of the molecule is COC(=O)C(c1ccccc1)C1CCCCC1.C[C@H](N)Cc1ccccc1. The van der Waals surface area contributed by atoms with E-state index in [4.69, 9.17) is 10.5 Å². The largest absolute Gasteiger partial charge is 0.469 e. The molecule has 27 heavy (non-hydrogen) atoms. The van der Waals surface area contributed by atoms with E-state index in [1.165, 1.54) is 31.9 Å². The maximum absolute atomic E-state index is 12.0. The molecule has 1 aliphatic rings. The zero-order chi connectivity index (χ0) is 19.5. The minimum atomic E-state index is -0.0805. The summed E-state index contributed by atoms with van der Waals surface area (Å²) in [5, 5.41) is 0. The Morgan fingerprint density at radius 2 is 1.56 bits per heavy atom. The van der Waals surface area contributed by atoms with Crippen LogP contribution in [-0.2, 0) is 16.0 Å². The molecule has 2 atom stereocenters. The predicted octanol–water partition coefficient (Wildman–Crippen LogP) is 5.10. The summed E-state index contributed by atoms with van der Waals surface area (Å²) in [6.07, 6.45) is 7.05.